The Bertz CT molecular complexity index is 2290. The molecule has 3 aromatic heterocycles. The van der Waals surface area contributed by atoms with Crippen LogP contribution in [-0.4, -0.2) is 26.4 Å². The molecule has 2 saturated carbocycles. The second-order valence-electron chi connectivity index (χ2n) is 14.1. The van der Waals surface area contributed by atoms with E-state index in [0.717, 1.165) is 39.1 Å². The van der Waals surface area contributed by atoms with Crippen LogP contribution in [0.4, 0.5) is 0 Å². The number of hydrogen-bond donors (Lipinski definition) is 0. The van der Waals surface area contributed by atoms with Gasteiger partial charge < -0.3 is 14.0 Å². The van der Waals surface area contributed by atoms with Gasteiger partial charge in [0.25, 0.3) is 0 Å². The van der Waals surface area contributed by atoms with Crippen molar-refractivity contribution >= 4 is 21.8 Å². The van der Waals surface area contributed by atoms with Crippen LogP contribution in [0.2, 0.25) is 0 Å². The van der Waals surface area contributed by atoms with Gasteiger partial charge in [-0.15, -0.1) is 35.7 Å². The van der Waals surface area contributed by atoms with E-state index in [2.05, 4.69) is 76.5 Å². The van der Waals surface area contributed by atoms with E-state index in [-0.39, 0.29) is 21.1 Å². The van der Waals surface area contributed by atoms with Gasteiger partial charge in [-0.1, -0.05) is 80.4 Å². The van der Waals surface area contributed by atoms with Gasteiger partial charge in [-0.2, -0.15) is 17.2 Å². The second-order valence-corrected chi connectivity index (χ2v) is 14.1. The van der Waals surface area contributed by atoms with Crippen molar-refractivity contribution in [3.05, 3.63) is 127 Å². The average Bonchev–Trinajstić information content (AvgIpc) is 3.82. The molecule has 6 nitrogen and oxygen atoms in total. The van der Waals surface area contributed by atoms with Crippen LogP contribution >= 0.6 is 0 Å². The number of fused-ring (bicyclic) bond motifs is 3. The van der Waals surface area contributed by atoms with E-state index in [9.17, 15) is 0 Å². The van der Waals surface area contributed by atoms with Crippen molar-refractivity contribution in [2.75, 3.05) is 7.11 Å². The van der Waals surface area contributed by atoms with E-state index in [1.807, 2.05) is 47.1 Å². The van der Waals surface area contributed by atoms with Crippen molar-refractivity contribution in [2.45, 2.75) is 76.0 Å². The number of hydrogen-bond acceptors (Lipinski definition) is 4. The minimum Gasteiger partial charge on any atom is -0.509 e. The van der Waals surface area contributed by atoms with Crippen LogP contribution in [0, 0.1) is 12.1 Å². The number of rotatable bonds is 8. The largest absolute Gasteiger partial charge is 2.00 e. The molecule has 0 bridgehead atoms. The Balaban J connectivity index is 0.00000387. The van der Waals surface area contributed by atoms with Crippen LogP contribution in [0.5, 0.6) is 17.2 Å². The van der Waals surface area contributed by atoms with Crippen molar-refractivity contribution in [2.24, 2.45) is 0 Å². The Kier molecular flexibility index (Phi) is 10.0. The molecule has 2 aliphatic rings. The van der Waals surface area contributed by atoms with Crippen LogP contribution in [0.3, 0.4) is 0 Å². The Morgan fingerprint density at radius 2 is 1.42 bits per heavy atom. The Labute approximate surface area is 320 Å². The van der Waals surface area contributed by atoms with Gasteiger partial charge in [0, 0.05) is 41.0 Å². The summed E-state index contributed by atoms with van der Waals surface area (Å²) >= 11 is 0. The fourth-order valence-electron chi connectivity index (χ4n) is 8.58. The third-order valence-corrected chi connectivity index (χ3v) is 11.0. The summed E-state index contributed by atoms with van der Waals surface area (Å²) in [5, 5.41) is 7.11. The van der Waals surface area contributed by atoms with Crippen LogP contribution < -0.4 is 9.47 Å². The summed E-state index contributed by atoms with van der Waals surface area (Å²) in [5.74, 6) is 3.95. The van der Waals surface area contributed by atoms with Crippen molar-refractivity contribution in [3.63, 3.8) is 0 Å². The minimum atomic E-state index is 0. The predicted molar refractivity (Wildman–Crippen MR) is 204 cm³/mol. The summed E-state index contributed by atoms with van der Waals surface area (Å²) in [6.45, 7) is 0. The van der Waals surface area contributed by atoms with Gasteiger partial charge in [0.2, 0.25) is 0 Å². The number of nitrogens with zero attached hydrogens (tertiary/aromatic N) is 4. The SMILES string of the molecule is COc1ccnc(-n2c3[c-]c(Oc4[c-]c(-n5cc(-c6c(C7CCCCC7)cccc6C6CCCCC6)cn5)ccc4)ccc3c3ccccc32)c1.[Pt+2]. The fourth-order valence-corrected chi connectivity index (χ4v) is 8.58. The normalized spacial score (nSPS) is 15.5. The first kappa shape index (κ1) is 34.4. The third kappa shape index (κ3) is 6.58. The molecule has 0 radical (unpaired) electrons. The molecule has 0 amide bonds. The van der Waals surface area contributed by atoms with E-state index >= 15 is 0 Å². The van der Waals surface area contributed by atoms with Crippen LogP contribution in [0.15, 0.2) is 104 Å². The molecule has 0 atom stereocenters. The number of benzene rings is 4. The molecule has 0 saturated heterocycles. The summed E-state index contributed by atoms with van der Waals surface area (Å²) in [6, 6.07) is 36.3. The summed E-state index contributed by atoms with van der Waals surface area (Å²) < 4.78 is 16.0. The molecule has 264 valence electrons. The molecule has 7 heteroatoms. The fraction of sp³-hybridized carbons (Fsp3) is 0.289. The van der Waals surface area contributed by atoms with Gasteiger partial charge in [0.1, 0.15) is 11.6 Å². The smallest absolute Gasteiger partial charge is 0.509 e. The monoisotopic (exact) mass is 865 g/mol. The molecule has 7 aromatic rings. The Morgan fingerprint density at radius 1 is 0.712 bits per heavy atom. The van der Waals surface area contributed by atoms with E-state index in [4.69, 9.17) is 14.6 Å². The van der Waals surface area contributed by atoms with Gasteiger partial charge in [0.15, 0.2) is 0 Å². The summed E-state index contributed by atoms with van der Waals surface area (Å²) in [5.41, 5.74) is 8.43. The van der Waals surface area contributed by atoms with Gasteiger partial charge in [0.05, 0.1) is 13.3 Å². The van der Waals surface area contributed by atoms with Crippen molar-refractivity contribution < 1.29 is 30.5 Å². The topological polar surface area (TPSA) is 54.1 Å². The molecule has 0 spiro atoms. The van der Waals surface area contributed by atoms with E-state index in [1.54, 1.807) is 13.3 Å². The van der Waals surface area contributed by atoms with E-state index < -0.39 is 0 Å². The quantitative estimate of drug-likeness (QED) is 0.143. The van der Waals surface area contributed by atoms with Gasteiger partial charge in [-0.25, -0.2) is 4.98 Å². The van der Waals surface area contributed by atoms with Crippen LogP contribution in [-0.2, 0) is 21.1 Å². The zero-order valence-corrected chi connectivity index (χ0v) is 31.7. The predicted octanol–water partition coefficient (Wildman–Crippen LogP) is 11.5. The Morgan fingerprint density at radius 3 is 2.17 bits per heavy atom. The number of ether oxygens (including phenoxy) is 2. The van der Waals surface area contributed by atoms with Crippen LogP contribution in [0.25, 0.3) is 44.4 Å². The maximum Gasteiger partial charge on any atom is 2.00 e. The van der Waals surface area contributed by atoms with E-state index in [1.165, 1.54) is 86.5 Å². The molecule has 3 heterocycles. The number of pyridine rings is 1. The molecule has 4 aromatic carbocycles. The first-order valence-electron chi connectivity index (χ1n) is 18.6. The van der Waals surface area contributed by atoms with Gasteiger partial charge in [-0.05, 0) is 77.4 Å². The number of aromatic nitrogens is 4. The molecular formula is C45H42N4O2Pt. The zero-order valence-electron chi connectivity index (χ0n) is 29.5. The van der Waals surface area contributed by atoms with Crippen molar-refractivity contribution in [1.82, 2.24) is 19.3 Å². The first-order chi connectivity index (χ1) is 25.2. The second kappa shape index (κ2) is 15.1. The standard InChI is InChI=1S/C45H42N4O2.Pt/c1-50-35-24-25-46-44(28-35)49-42-21-9-8-18-40(42)41-23-22-37(27-43(41)49)51-36-17-10-16-34(26-36)48-30-33(29-47-48)45-38(31-12-4-2-5-13-31)19-11-20-39(45)32-14-6-3-7-15-32;/h8-11,16-25,28-32H,2-7,12-15H2,1H3;/q-2;+2. The molecule has 0 N–H and O–H groups in total. The Hall–Kier alpha value is -4.67. The van der Waals surface area contributed by atoms with Crippen molar-refractivity contribution in [1.29, 1.82) is 0 Å². The van der Waals surface area contributed by atoms with Crippen LogP contribution in [0.1, 0.15) is 87.2 Å². The molecule has 0 aliphatic heterocycles. The summed E-state index contributed by atoms with van der Waals surface area (Å²) in [6.07, 6.45) is 19.1. The first-order valence-corrected chi connectivity index (χ1v) is 18.6. The van der Waals surface area contributed by atoms with Gasteiger partial charge in [-0.3, -0.25) is 4.68 Å². The molecule has 2 aliphatic carbocycles. The molecular weight excluding hydrogens is 824 g/mol. The molecule has 0 unspecified atom stereocenters. The molecule has 2 fully saturated rings. The zero-order chi connectivity index (χ0) is 34.1. The minimum absolute atomic E-state index is 0. The third-order valence-electron chi connectivity index (χ3n) is 11.0. The molecule has 52 heavy (non-hydrogen) atoms. The number of para-hydroxylation sites is 1. The average molecular weight is 866 g/mol. The summed E-state index contributed by atoms with van der Waals surface area (Å²) in [4.78, 5) is 4.68. The van der Waals surface area contributed by atoms with Crippen molar-refractivity contribution in [3.8, 4) is 39.9 Å². The van der Waals surface area contributed by atoms with Gasteiger partial charge >= 0.3 is 21.1 Å². The number of methoxy groups -OCH3 is 1. The maximum atomic E-state index is 6.46. The summed E-state index contributed by atoms with van der Waals surface area (Å²) in [7, 11) is 1.67. The van der Waals surface area contributed by atoms with E-state index in [0.29, 0.717) is 23.3 Å². The maximum absolute atomic E-state index is 6.46. The molecule has 9 rings (SSSR count).